The van der Waals surface area contributed by atoms with Crippen LogP contribution in [-0.2, 0) is 29.9 Å². The van der Waals surface area contributed by atoms with Gasteiger partial charge in [0.1, 0.15) is 17.9 Å². The molecule has 2 aliphatic rings. The summed E-state index contributed by atoms with van der Waals surface area (Å²) >= 11 is 0. The fourth-order valence-electron chi connectivity index (χ4n) is 4.67. The average molecular weight is 533 g/mol. The van der Waals surface area contributed by atoms with Crippen LogP contribution in [0.2, 0.25) is 0 Å². The second-order valence-electron chi connectivity index (χ2n) is 9.24. The Morgan fingerprint density at radius 3 is 2.24 bits per heavy atom. The number of sulfonamides is 1. The van der Waals surface area contributed by atoms with Crippen LogP contribution in [0.1, 0.15) is 32.8 Å². The van der Waals surface area contributed by atoms with Crippen LogP contribution in [0, 0.1) is 5.82 Å². The third kappa shape index (κ3) is 5.22. The Balaban J connectivity index is 1.43. The Hall–Kier alpha value is -3.35. The molecule has 0 aliphatic carbocycles. The van der Waals surface area contributed by atoms with Gasteiger partial charge in [-0.2, -0.15) is 4.31 Å². The van der Waals surface area contributed by atoms with Crippen molar-refractivity contribution in [3.05, 3.63) is 59.9 Å². The number of rotatable bonds is 7. The van der Waals surface area contributed by atoms with Gasteiger partial charge in [-0.05, 0) is 62.2 Å². The highest BCUT2D eigenvalue weighted by atomic mass is 32.2. The van der Waals surface area contributed by atoms with E-state index in [2.05, 4.69) is 10.6 Å². The van der Waals surface area contributed by atoms with Gasteiger partial charge in [-0.3, -0.25) is 14.5 Å². The minimum atomic E-state index is -3.74. The Morgan fingerprint density at radius 2 is 1.68 bits per heavy atom. The number of imide groups is 1. The summed E-state index contributed by atoms with van der Waals surface area (Å²) in [5.74, 6) is -1.73. The number of amides is 4. The van der Waals surface area contributed by atoms with E-state index in [1.807, 2.05) is 13.8 Å². The number of anilines is 1. The third-order valence-electron chi connectivity index (χ3n) is 6.51. The normalized spacial score (nSPS) is 24.7. The fraction of sp³-hybridized carbons (Fsp3) is 0.400. The number of hydrogen-bond acceptors (Lipinski definition) is 6. The van der Waals surface area contributed by atoms with Gasteiger partial charge in [0.25, 0.3) is 5.91 Å². The molecule has 12 heteroatoms. The lowest BCUT2D eigenvalue weighted by Gasteiger charge is -2.34. The Morgan fingerprint density at radius 1 is 1.08 bits per heavy atom. The molecule has 4 rings (SSSR count). The molecule has 2 aliphatic heterocycles. The Bertz CT molecular complexity index is 1290. The van der Waals surface area contributed by atoms with E-state index >= 15 is 0 Å². The van der Waals surface area contributed by atoms with E-state index in [1.54, 1.807) is 6.92 Å². The van der Waals surface area contributed by atoms with E-state index in [4.69, 9.17) is 4.74 Å². The zero-order valence-electron chi connectivity index (χ0n) is 20.7. The molecule has 2 aromatic carbocycles. The molecule has 2 aromatic rings. The van der Waals surface area contributed by atoms with E-state index in [0.29, 0.717) is 11.3 Å². The molecule has 2 N–H and O–H groups in total. The van der Waals surface area contributed by atoms with E-state index in [1.165, 1.54) is 52.8 Å². The molecule has 0 aromatic heterocycles. The number of carbonyl (C=O) groups excluding carboxylic acids is 3. The molecular weight excluding hydrogens is 503 g/mol. The predicted octanol–water partition coefficient (Wildman–Crippen LogP) is 2.42. The summed E-state index contributed by atoms with van der Waals surface area (Å²) in [4.78, 5) is 39.3. The number of benzene rings is 2. The molecule has 3 atom stereocenters. The highest BCUT2D eigenvalue weighted by Crippen LogP contribution is 2.32. The minimum Gasteiger partial charge on any atom is -0.373 e. The maximum Gasteiger partial charge on any atom is 0.325 e. The molecule has 0 radical (unpaired) electrons. The van der Waals surface area contributed by atoms with Crippen LogP contribution in [0.15, 0.2) is 53.4 Å². The lowest BCUT2D eigenvalue weighted by atomic mass is 9.87. The van der Waals surface area contributed by atoms with E-state index in [-0.39, 0.29) is 36.6 Å². The van der Waals surface area contributed by atoms with Crippen LogP contribution >= 0.6 is 0 Å². The number of urea groups is 1. The zero-order valence-corrected chi connectivity index (χ0v) is 21.5. The van der Waals surface area contributed by atoms with Crippen LogP contribution in [-0.4, -0.2) is 67.3 Å². The van der Waals surface area contributed by atoms with Crippen molar-refractivity contribution in [3.8, 4) is 0 Å². The molecule has 10 nitrogen and oxygen atoms in total. The number of hydrogen-bond donors (Lipinski definition) is 2. The molecule has 37 heavy (non-hydrogen) atoms. The predicted molar refractivity (Wildman–Crippen MR) is 132 cm³/mol. The van der Waals surface area contributed by atoms with Crippen LogP contribution in [0.4, 0.5) is 14.9 Å². The molecular formula is C25H29FN4O6S. The summed E-state index contributed by atoms with van der Waals surface area (Å²) in [6, 6.07) is 10.2. The van der Waals surface area contributed by atoms with Crippen molar-refractivity contribution < 1.29 is 31.9 Å². The summed E-state index contributed by atoms with van der Waals surface area (Å²) in [5, 5.41) is 5.22. The van der Waals surface area contributed by atoms with Gasteiger partial charge in [0.05, 0.1) is 17.1 Å². The topological polar surface area (TPSA) is 125 Å². The molecule has 0 spiro atoms. The number of nitrogens with one attached hydrogen (secondary N) is 2. The standard InChI is InChI=1S/C25H29FN4O6S/c1-4-25(18-5-7-19(26)8-6-18)23(32)30(24(33)28-25)15-22(31)27-20-9-11-21(12-10-20)37(34,35)29-13-16(2)36-17(3)14-29/h5-12,16-17H,4,13-15H2,1-3H3,(H,27,31)(H,28,33)/t16-,17+,25-/m0/s1. The molecule has 2 fully saturated rings. The SMILES string of the molecule is CC[C@@]1(c2ccc(F)cc2)NC(=O)N(CC(=O)Nc2ccc(S(=O)(=O)N3C[C@@H](C)O[C@@H](C)C3)cc2)C1=O. The van der Waals surface area contributed by atoms with Crippen LogP contribution in [0.5, 0.6) is 0 Å². The number of nitrogens with zero attached hydrogens (tertiary/aromatic N) is 2. The lowest BCUT2D eigenvalue weighted by Crippen LogP contribution is -2.48. The summed E-state index contributed by atoms with van der Waals surface area (Å²) in [7, 11) is -3.74. The van der Waals surface area contributed by atoms with E-state index < -0.39 is 45.8 Å². The lowest BCUT2D eigenvalue weighted by molar-refractivity contribution is -0.134. The number of carbonyl (C=O) groups is 3. The van der Waals surface area contributed by atoms with Gasteiger partial charge in [0.15, 0.2) is 0 Å². The van der Waals surface area contributed by atoms with Crippen LogP contribution < -0.4 is 10.6 Å². The first-order chi connectivity index (χ1) is 17.5. The van der Waals surface area contributed by atoms with Gasteiger partial charge in [-0.15, -0.1) is 0 Å². The number of morpholine rings is 1. The highest BCUT2D eigenvalue weighted by Gasteiger charge is 2.51. The quantitative estimate of drug-likeness (QED) is 0.528. The average Bonchev–Trinajstić information content (AvgIpc) is 3.09. The molecule has 0 bridgehead atoms. The first kappa shape index (κ1) is 26.7. The second-order valence-corrected chi connectivity index (χ2v) is 11.2. The van der Waals surface area contributed by atoms with E-state index in [0.717, 1.165) is 4.90 Å². The smallest absolute Gasteiger partial charge is 0.325 e. The minimum absolute atomic E-state index is 0.0768. The number of ether oxygens (including phenoxy) is 1. The summed E-state index contributed by atoms with van der Waals surface area (Å²) in [6.07, 6.45) is -0.244. The first-order valence-corrected chi connectivity index (χ1v) is 13.4. The Labute approximate surface area is 214 Å². The summed E-state index contributed by atoms with van der Waals surface area (Å²) < 4.78 is 46.4. The Kier molecular flexibility index (Phi) is 7.36. The first-order valence-electron chi connectivity index (χ1n) is 11.9. The monoisotopic (exact) mass is 532 g/mol. The van der Waals surface area contributed by atoms with E-state index in [9.17, 15) is 27.2 Å². The molecule has 0 unspecified atom stereocenters. The van der Waals surface area contributed by atoms with Gasteiger partial charge >= 0.3 is 6.03 Å². The molecule has 2 saturated heterocycles. The fourth-order valence-corrected chi connectivity index (χ4v) is 6.26. The van der Waals surface area contributed by atoms with Crippen molar-refractivity contribution in [2.45, 2.75) is 49.8 Å². The van der Waals surface area contributed by atoms with Crippen molar-refractivity contribution in [2.24, 2.45) is 0 Å². The third-order valence-corrected chi connectivity index (χ3v) is 8.35. The van der Waals surface area contributed by atoms with Gasteiger partial charge in [-0.1, -0.05) is 19.1 Å². The van der Waals surface area contributed by atoms with Crippen molar-refractivity contribution in [1.29, 1.82) is 0 Å². The maximum atomic E-state index is 13.4. The maximum absolute atomic E-state index is 13.4. The van der Waals surface area contributed by atoms with Gasteiger partial charge in [0, 0.05) is 18.8 Å². The van der Waals surface area contributed by atoms with Crippen molar-refractivity contribution in [1.82, 2.24) is 14.5 Å². The van der Waals surface area contributed by atoms with Gasteiger partial charge in [-0.25, -0.2) is 17.6 Å². The van der Waals surface area contributed by atoms with Gasteiger partial charge < -0.3 is 15.4 Å². The molecule has 198 valence electrons. The van der Waals surface area contributed by atoms with Crippen molar-refractivity contribution in [3.63, 3.8) is 0 Å². The highest BCUT2D eigenvalue weighted by molar-refractivity contribution is 7.89. The number of halogens is 1. The van der Waals surface area contributed by atoms with Crippen LogP contribution in [0.25, 0.3) is 0 Å². The zero-order chi connectivity index (χ0) is 27.0. The van der Waals surface area contributed by atoms with Crippen molar-refractivity contribution >= 4 is 33.6 Å². The van der Waals surface area contributed by atoms with Crippen LogP contribution in [0.3, 0.4) is 0 Å². The van der Waals surface area contributed by atoms with Gasteiger partial charge in [0.2, 0.25) is 15.9 Å². The second kappa shape index (κ2) is 10.2. The molecule has 4 amide bonds. The largest absolute Gasteiger partial charge is 0.373 e. The molecule has 0 saturated carbocycles. The van der Waals surface area contributed by atoms with Crippen molar-refractivity contribution in [2.75, 3.05) is 25.0 Å². The summed E-state index contributed by atoms with van der Waals surface area (Å²) in [6.45, 7) is 5.28. The molecule has 2 heterocycles. The summed E-state index contributed by atoms with van der Waals surface area (Å²) in [5.41, 5.74) is -0.672.